The molecular formula is C27H22N2O6. The number of carbonyl (C=O) groups is 2. The molecule has 0 fully saturated rings. The largest absolute Gasteiger partial charge is 0.461 e. The van der Waals surface area contributed by atoms with Crippen LogP contribution >= 0.6 is 0 Å². The smallest absolute Gasteiger partial charge is 0.306 e. The van der Waals surface area contributed by atoms with E-state index in [1.54, 1.807) is 24.3 Å². The van der Waals surface area contributed by atoms with E-state index < -0.39 is 10.9 Å². The van der Waals surface area contributed by atoms with Crippen LogP contribution in [0.15, 0.2) is 91.0 Å². The van der Waals surface area contributed by atoms with Crippen molar-refractivity contribution < 1.29 is 24.0 Å². The van der Waals surface area contributed by atoms with Crippen molar-refractivity contribution in [1.82, 2.24) is 0 Å². The molecule has 0 saturated heterocycles. The van der Waals surface area contributed by atoms with Crippen LogP contribution in [0.1, 0.15) is 18.4 Å². The molecule has 0 aliphatic heterocycles. The summed E-state index contributed by atoms with van der Waals surface area (Å²) in [4.78, 5) is 34.6. The number of anilines is 1. The number of benzene rings is 4. The van der Waals surface area contributed by atoms with E-state index in [-0.39, 0.29) is 31.0 Å². The maximum Gasteiger partial charge on any atom is 0.306 e. The SMILES string of the molecule is O=C(CCC(=O)OCc1ccc(Oc2ccc([N+](=O)[O-])cc2)cc1)Nc1cccc2ccccc12. The molecule has 0 unspecified atom stereocenters. The second-order valence-corrected chi connectivity index (χ2v) is 7.73. The quantitative estimate of drug-likeness (QED) is 0.183. The van der Waals surface area contributed by atoms with E-state index in [0.717, 1.165) is 16.3 Å². The van der Waals surface area contributed by atoms with E-state index in [9.17, 15) is 19.7 Å². The summed E-state index contributed by atoms with van der Waals surface area (Å²) in [5.41, 5.74) is 1.45. The number of nitrogens with zero attached hydrogens (tertiary/aromatic N) is 1. The molecule has 0 atom stereocenters. The second kappa shape index (κ2) is 10.9. The topological polar surface area (TPSA) is 108 Å². The number of amides is 1. The van der Waals surface area contributed by atoms with Crippen molar-refractivity contribution in [2.24, 2.45) is 0 Å². The third-order valence-corrected chi connectivity index (χ3v) is 5.23. The number of rotatable bonds is 9. The zero-order valence-electron chi connectivity index (χ0n) is 18.7. The van der Waals surface area contributed by atoms with Crippen LogP contribution in [-0.4, -0.2) is 16.8 Å². The van der Waals surface area contributed by atoms with Gasteiger partial charge in [-0.15, -0.1) is 0 Å². The highest BCUT2D eigenvalue weighted by atomic mass is 16.6. The van der Waals surface area contributed by atoms with Crippen molar-refractivity contribution in [3.05, 3.63) is 107 Å². The standard InChI is InChI=1S/C27H22N2O6/c30-26(28-25-7-3-5-20-4-1-2-6-24(20)25)16-17-27(31)34-18-19-8-12-22(13-9-19)35-23-14-10-21(11-15-23)29(32)33/h1-15H,16-18H2,(H,28,30). The predicted octanol–water partition coefficient (Wildman–Crippen LogP) is 6.00. The first kappa shape index (κ1) is 23.4. The minimum absolute atomic E-state index is 0.0134. The van der Waals surface area contributed by atoms with Gasteiger partial charge in [0.1, 0.15) is 18.1 Å². The summed E-state index contributed by atoms with van der Waals surface area (Å²) in [6.07, 6.45) is -0.0119. The van der Waals surface area contributed by atoms with Gasteiger partial charge < -0.3 is 14.8 Å². The highest BCUT2D eigenvalue weighted by Gasteiger charge is 2.11. The highest BCUT2D eigenvalue weighted by Crippen LogP contribution is 2.25. The average molecular weight is 470 g/mol. The summed E-state index contributed by atoms with van der Waals surface area (Å²) < 4.78 is 10.9. The minimum Gasteiger partial charge on any atom is -0.461 e. The van der Waals surface area contributed by atoms with E-state index in [0.29, 0.717) is 17.2 Å². The Labute approximate surface area is 201 Å². The molecule has 0 bridgehead atoms. The molecule has 0 spiro atoms. The number of carbonyl (C=O) groups excluding carboxylic acids is 2. The Balaban J connectivity index is 1.22. The first-order chi connectivity index (χ1) is 17.0. The van der Waals surface area contributed by atoms with Gasteiger partial charge in [-0.2, -0.15) is 0 Å². The van der Waals surface area contributed by atoms with Gasteiger partial charge in [0.2, 0.25) is 5.91 Å². The number of hydrogen-bond donors (Lipinski definition) is 1. The molecule has 176 valence electrons. The Morgan fingerprint density at radius 3 is 2.17 bits per heavy atom. The first-order valence-electron chi connectivity index (χ1n) is 10.9. The zero-order chi connectivity index (χ0) is 24.6. The number of nitro benzene ring substituents is 1. The first-order valence-corrected chi connectivity index (χ1v) is 10.9. The van der Waals surface area contributed by atoms with E-state index in [2.05, 4.69) is 5.32 Å². The Morgan fingerprint density at radius 2 is 1.46 bits per heavy atom. The van der Waals surface area contributed by atoms with E-state index in [1.165, 1.54) is 24.3 Å². The number of non-ortho nitro benzene ring substituents is 1. The molecule has 1 N–H and O–H groups in total. The number of esters is 1. The molecule has 8 nitrogen and oxygen atoms in total. The van der Waals surface area contributed by atoms with Gasteiger partial charge in [0, 0.05) is 29.6 Å². The Bertz CT molecular complexity index is 1350. The van der Waals surface area contributed by atoms with Gasteiger partial charge in [0.05, 0.1) is 11.3 Å². The molecular weight excluding hydrogens is 448 g/mol. The number of nitrogens with one attached hydrogen (secondary N) is 1. The van der Waals surface area contributed by atoms with Crippen LogP contribution in [0.25, 0.3) is 10.8 Å². The van der Waals surface area contributed by atoms with Crippen LogP contribution in [0.5, 0.6) is 11.5 Å². The maximum atomic E-state index is 12.3. The highest BCUT2D eigenvalue weighted by molar-refractivity contribution is 6.02. The van der Waals surface area contributed by atoms with Crippen molar-refractivity contribution in [2.45, 2.75) is 19.4 Å². The third kappa shape index (κ3) is 6.42. The molecule has 0 aliphatic carbocycles. The Morgan fingerprint density at radius 1 is 0.800 bits per heavy atom. The van der Waals surface area contributed by atoms with Crippen LogP contribution in [0.4, 0.5) is 11.4 Å². The van der Waals surface area contributed by atoms with Gasteiger partial charge in [-0.1, -0.05) is 48.5 Å². The lowest BCUT2D eigenvalue weighted by Gasteiger charge is -2.09. The maximum absolute atomic E-state index is 12.3. The molecule has 35 heavy (non-hydrogen) atoms. The van der Waals surface area contributed by atoms with Crippen molar-refractivity contribution in [1.29, 1.82) is 0 Å². The molecule has 0 saturated carbocycles. The van der Waals surface area contributed by atoms with Crippen molar-refractivity contribution in [3.63, 3.8) is 0 Å². The third-order valence-electron chi connectivity index (χ3n) is 5.23. The zero-order valence-corrected chi connectivity index (χ0v) is 18.7. The fourth-order valence-electron chi connectivity index (χ4n) is 3.42. The van der Waals surface area contributed by atoms with E-state index in [1.807, 2.05) is 42.5 Å². The van der Waals surface area contributed by atoms with Crippen molar-refractivity contribution in [3.8, 4) is 11.5 Å². The fraction of sp³-hybridized carbons (Fsp3) is 0.111. The number of fused-ring (bicyclic) bond motifs is 1. The summed E-state index contributed by atoms with van der Waals surface area (Å²) in [6.45, 7) is 0.0710. The van der Waals surface area contributed by atoms with Crippen LogP contribution < -0.4 is 10.1 Å². The number of nitro groups is 1. The Kier molecular flexibility index (Phi) is 7.32. The van der Waals surface area contributed by atoms with Crippen LogP contribution in [-0.2, 0) is 20.9 Å². The molecule has 0 heterocycles. The monoisotopic (exact) mass is 470 g/mol. The van der Waals surface area contributed by atoms with Gasteiger partial charge in [-0.25, -0.2) is 0 Å². The van der Waals surface area contributed by atoms with Gasteiger partial charge in [0.25, 0.3) is 5.69 Å². The number of ether oxygens (including phenoxy) is 2. The summed E-state index contributed by atoms with van der Waals surface area (Å²) in [6, 6.07) is 26.1. The fourth-order valence-corrected chi connectivity index (χ4v) is 3.42. The minimum atomic E-state index is -0.475. The van der Waals surface area contributed by atoms with Crippen LogP contribution in [0.3, 0.4) is 0 Å². The van der Waals surface area contributed by atoms with E-state index in [4.69, 9.17) is 9.47 Å². The molecule has 4 rings (SSSR count). The molecule has 4 aromatic rings. The van der Waals surface area contributed by atoms with Crippen molar-refractivity contribution in [2.75, 3.05) is 5.32 Å². The van der Waals surface area contributed by atoms with Gasteiger partial charge in [-0.05, 0) is 41.3 Å². The lowest BCUT2D eigenvalue weighted by atomic mass is 10.1. The summed E-state index contributed by atoms with van der Waals surface area (Å²) in [5, 5.41) is 15.5. The molecule has 0 radical (unpaired) electrons. The lowest BCUT2D eigenvalue weighted by Crippen LogP contribution is -2.14. The average Bonchev–Trinajstić information content (AvgIpc) is 2.87. The normalized spacial score (nSPS) is 10.5. The molecule has 0 aliphatic rings. The molecule has 0 aromatic heterocycles. The van der Waals surface area contributed by atoms with E-state index >= 15 is 0 Å². The predicted molar refractivity (Wildman–Crippen MR) is 131 cm³/mol. The van der Waals surface area contributed by atoms with Crippen LogP contribution in [0, 0.1) is 10.1 Å². The summed E-state index contributed by atoms with van der Waals surface area (Å²) >= 11 is 0. The van der Waals surface area contributed by atoms with Crippen molar-refractivity contribution >= 4 is 34.0 Å². The second-order valence-electron chi connectivity index (χ2n) is 7.73. The molecule has 4 aromatic carbocycles. The number of hydrogen-bond acceptors (Lipinski definition) is 6. The van der Waals surface area contributed by atoms with Crippen LogP contribution in [0.2, 0.25) is 0 Å². The Hall–Kier alpha value is -4.72. The van der Waals surface area contributed by atoms with Gasteiger partial charge >= 0.3 is 5.97 Å². The summed E-state index contributed by atoms with van der Waals surface area (Å²) in [5.74, 6) is 0.283. The van der Waals surface area contributed by atoms with Gasteiger partial charge in [0.15, 0.2) is 0 Å². The molecule has 8 heteroatoms. The molecule has 1 amide bonds. The van der Waals surface area contributed by atoms with Gasteiger partial charge in [-0.3, -0.25) is 19.7 Å². The lowest BCUT2D eigenvalue weighted by molar-refractivity contribution is -0.384. The summed E-state index contributed by atoms with van der Waals surface area (Å²) in [7, 11) is 0.